The van der Waals surface area contributed by atoms with Gasteiger partial charge < -0.3 is 14.8 Å². The summed E-state index contributed by atoms with van der Waals surface area (Å²) in [7, 11) is 1.64. The van der Waals surface area contributed by atoms with Crippen LogP contribution in [-0.2, 0) is 11.4 Å². The van der Waals surface area contributed by atoms with Crippen molar-refractivity contribution in [2.45, 2.75) is 33.4 Å². The molecule has 0 saturated carbocycles. The van der Waals surface area contributed by atoms with Gasteiger partial charge in [0.25, 0.3) is 5.91 Å². The Kier molecular flexibility index (Phi) is 6.98. The molecule has 1 aliphatic heterocycles. The highest BCUT2D eigenvalue weighted by Gasteiger charge is 2.34. The minimum atomic E-state index is -0.170. The van der Waals surface area contributed by atoms with Crippen LogP contribution >= 0.6 is 12.2 Å². The highest BCUT2D eigenvalue weighted by atomic mass is 32.1. The molecule has 1 fully saturated rings. The smallest absolute Gasteiger partial charge is 0.277 e. The molecule has 1 saturated heterocycles. The van der Waals surface area contributed by atoms with Gasteiger partial charge in [0.15, 0.2) is 5.11 Å². The van der Waals surface area contributed by atoms with Crippen LogP contribution in [0.3, 0.4) is 0 Å². The lowest BCUT2D eigenvalue weighted by molar-refractivity contribution is -0.123. The second kappa shape index (κ2) is 10.1. The molecule has 1 heterocycles. The first-order chi connectivity index (χ1) is 16.4. The van der Waals surface area contributed by atoms with Crippen LogP contribution < -0.4 is 14.8 Å². The first-order valence-electron chi connectivity index (χ1n) is 11.2. The van der Waals surface area contributed by atoms with Crippen molar-refractivity contribution in [3.8, 4) is 11.5 Å². The van der Waals surface area contributed by atoms with Crippen LogP contribution in [0.5, 0.6) is 11.5 Å². The Morgan fingerprint density at radius 2 is 1.74 bits per heavy atom. The van der Waals surface area contributed by atoms with E-state index in [2.05, 4.69) is 5.32 Å². The number of ether oxygens (including phenoxy) is 2. The maximum Gasteiger partial charge on any atom is 0.277 e. The molecular formula is C28H28N2O3S. The third-order valence-corrected chi connectivity index (χ3v) is 6.27. The highest BCUT2D eigenvalue weighted by molar-refractivity contribution is 7.80. The first kappa shape index (κ1) is 23.5. The zero-order valence-electron chi connectivity index (χ0n) is 19.8. The maximum absolute atomic E-state index is 13.2. The summed E-state index contributed by atoms with van der Waals surface area (Å²) >= 11 is 5.49. The van der Waals surface area contributed by atoms with E-state index in [9.17, 15) is 4.79 Å². The Balaban J connectivity index is 1.57. The molecule has 0 spiro atoms. The Morgan fingerprint density at radius 1 is 1.03 bits per heavy atom. The van der Waals surface area contributed by atoms with E-state index >= 15 is 0 Å². The molecule has 6 heteroatoms. The van der Waals surface area contributed by atoms with Crippen molar-refractivity contribution in [3.05, 3.63) is 100 Å². The van der Waals surface area contributed by atoms with Crippen molar-refractivity contribution < 1.29 is 14.3 Å². The summed E-state index contributed by atoms with van der Waals surface area (Å²) in [6, 6.07) is 21.5. The van der Waals surface area contributed by atoms with Crippen molar-refractivity contribution in [1.29, 1.82) is 0 Å². The van der Waals surface area contributed by atoms with E-state index in [4.69, 9.17) is 21.7 Å². The van der Waals surface area contributed by atoms with Crippen molar-refractivity contribution in [2.75, 3.05) is 7.11 Å². The van der Waals surface area contributed by atoms with Crippen LogP contribution in [-0.4, -0.2) is 23.0 Å². The molecule has 0 aromatic heterocycles. The van der Waals surface area contributed by atoms with Crippen LogP contribution in [0.1, 0.15) is 40.8 Å². The zero-order valence-corrected chi connectivity index (χ0v) is 20.6. The fourth-order valence-corrected chi connectivity index (χ4v) is 4.48. The number of thiocarbonyl (C=S) groups is 1. The molecule has 3 aromatic carbocycles. The molecule has 0 radical (unpaired) electrons. The van der Waals surface area contributed by atoms with E-state index in [1.54, 1.807) is 12.0 Å². The number of nitrogens with one attached hydrogen (secondary N) is 1. The van der Waals surface area contributed by atoms with Crippen molar-refractivity contribution in [2.24, 2.45) is 0 Å². The van der Waals surface area contributed by atoms with Crippen LogP contribution in [0.15, 0.2) is 72.4 Å². The summed E-state index contributed by atoms with van der Waals surface area (Å²) in [6.07, 6.45) is 1.81. The predicted octanol–water partition coefficient (Wildman–Crippen LogP) is 5.71. The van der Waals surface area contributed by atoms with Gasteiger partial charge in [-0.25, -0.2) is 0 Å². The van der Waals surface area contributed by atoms with E-state index in [-0.39, 0.29) is 11.9 Å². The number of rotatable bonds is 7. The Labute approximate surface area is 206 Å². The number of amides is 1. The molecule has 34 heavy (non-hydrogen) atoms. The van der Waals surface area contributed by atoms with Crippen molar-refractivity contribution in [3.63, 3.8) is 0 Å². The second-order valence-electron chi connectivity index (χ2n) is 8.33. The van der Waals surface area contributed by atoms with Gasteiger partial charge in [-0.2, -0.15) is 0 Å². The molecule has 1 aliphatic rings. The summed E-state index contributed by atoms with van der Waals surface area (Å²) < 4.78 is 11.7. The van der Waals surface area contributed by atoms with Gasteiger partial charge in [-0.3, -0.25) is 9.69 Å². The fourth-order valence-electron chi connectivity index (χ4n) is 4.13. The molecule has 5 nitrogen and oxygen atoms in total. The summed E-state index contributed by atoms with van der Waals surface area (Å²) in [5, 5.41) is 3.48. The van der Waals surface area contributed by atoms with E-state index in [1.807, 2.05) is 93.6 Å². The number of benzene rings is 3. The normalized spacial score (nSPS) is 15.4. The molecule has 4 rings (SSSR count). The lowest BCUT2D eigenvalue weighted by Crippen LogP contribution is -2.33. The van der Waals surface area contributed by atoms with Crippen molar-refractivity contribution >= 4 is 29.3 Å². The monoisotopic (exact) mass is 472 g/mol. The zero-order chi connectivity index (χ0) is 24.2. The molecule has 0 aliphatic carbocycles. The number of carbonyl (C=O) groups is 1. The van der Waals surface area contributed by atoms with Crippen LogP contribution in [0, 0.1) is 13.8 Å². The van der Waals surface area contributed by atoms with E-state index in [0.717, 1.165) is 39.3 Å². The average molecular weight is 473 g/mol. The van der Waals surface area contributed by atoms with Crippen LogP contribution in [0.4, 0.5) is 0 Å². The molecule has 1 amide bonds. The van der Waals surface area contributed by atoms with Crippen LogP contribution in [0.2, 0.25) is 0 Å². The largest absolute Gasteiger partial charge is 0.496 e. The lowest BCUT2D eigenvalue weighted by atomic mass is 10.1. The van der Waals surface area contributed by atoms with Crippen molar-refractivity contribution in [1.82, 2.24) is 10.2 Å². The number of hydrogen-bond acceptors (Lipinski definition) is 4. The van der Waals surface area contributed by atoms with Gasteiger partial charge in [-0.05, 0) is 73.5 Å². The lowest BCUT2D eigenvalue weighted by Gasteiger charge is -2.23. The molecule has 0 bridgehead atoms. The molecule has 174 valence electrons. The number of methoxy groups -OCH3 is 1. The third kappa shape index (κ3) is 4.82. The summed E-state index contributed by atoms with van der Waals surface area (Å²) in [5.74, 6) is 1.45. The Morgan fingerprint density at radius 3 is 2.41 bits per heavy atom. The number of hydrogen-bond donors (Lipinski definition) is 1. The molecule has 1 unspecified atom stereocenters. The van der Waals surface area contributed by atoms with E-state index in [0.29, 0.717) is 17.4 Å². The number of carbonyl (C=O) groups excluding carboxylic acids is 1. The number of nitrogens with zero attached hydrogens (tertiary/aromatic N) is 1. The SMILES string of the molecule is COc1ccc(/C=C2\NC(=S)N(C(C)c3ccccc3)C2=O)cc1COc1c(C)cccc1C. The van der Waals surface area contributed by atoms with Gasteiger partial charge in [0.05, 0.1) is 13.2 Å². The van der Waals surface area contributed by atoms with Gasteiger partial charge in [-0.1, -0.05) is 54.6 Å². The molecule has 1 atom stereocenters. The number of para-hydroxylation sites is 1. The summed E-state index contributed by atoms with van der Waals surface area (Å²) in [6.45, 7) is 6.38. The van der Waals surface area contributed by atoms with E-state index in [1.165, 1.54) is 0 Å². The maximum atomic E-state index is 13.2. The standard InChI is InChI=1S/C28H28N2O3S/c1-18-9-8-10-19(2)26(18)33-17-23-15-21(13-14-25(23)32-4)16-24-27(31)30(28(34)29-24)20(3)22-11-6-5-7-12-22/h5-16,20H,17H2,1-4H3,(H,29,34)/b24-16-. The van der Waals surface area contributed by atoms with Gasteiger partial charge in [0, 0.05) is 5.56 Å². The Bertz CT molecular complexity index is 1230. The van der Waals surface area contributed by atoms with E-state index < -0.39 is 0 Å². The van der Waals surface area contributed by atoms with Gasteiger partial charge in [0.2, 0.25) is 0 Å². The average Bonchev–Trinajstić information content (AvgIpc) is 3.11. The molecule has 1 N–H and O–H groups in total. The second-order valence-corrected chi connectivity index (χ2v) is 8.72. The predicted molar refractivity (Wildman–Crippen MR) is 139 cm³/mol. The van der Waals surface area contributed by atoms with Gasteiger partial charge in [-0.15, -0.1) is 0 Å². The number of aryl methyl sites for hydroxylation is 2. The summed E-state index contributed by atoms with van der Waals surface area (Å²) in [4.78, 5) is 14.8. The van der Waals surface area contributed by atoms with Crippen LogP contribution in [0.25, 0.3) is 6.08 Å². The summed E-state index contributed by atoms with van der Waals surface area (Å²) in [5.41, 5.74) is 5.38. The minimum Gasteiger partial charge on any atom is -0.496 e. The highest BCUT2D eigenvalue weighted by Crippen LogP contribution is 2.29. The fraction of sp³-hybridized carbons (Fsp3) is 0.214. The quantitative estimate of drug-likeness (QED) is 0.353. The molecular weight excluding hydrogens is 444 g/mol. The minimum absolute atomic E-state index is 0.148. The van der Waals surface area contributed by atoms with Gasteiger partial charge >= 0.3 is 0 Å². The topological polar surface area (TPSA) is 50.8 Å². The Hall–Kier alpha value is -3.64. The molecule has 3 aromatic rings. The van der Waals surface area contributed by atoms with Gasteiger partial charge in [0.1, 0.15) is 23.8 Å². The third-order valence-electron chi connectivity index (χ3n) is 5.98. The first-order valence-corrected chi connectivity index (χ1v) is 11.6.